The fourth-order valence-corrected chi connectivity index (χ4v) is 11.8. The standard InChI is InChI=1S/C61H50N2S/c1-60(2,3)43-26-30-56-52(37-43)49-28-24-40(36-57(49)63(56)45-18-10-7-11-19-45)42-32-41(39-25-31-59-53(35-39)50-21-13-15-23-58(50)64-59)33-47(34-42)62(44-16-8-6-9-17-44)46-27-29-55-51(38-46)48-20-12-14-22-54(48)61(55,4)5/h6-14,16-22,24-38H,15,23H2,1-5H3. The van der Waals surface area contributed by atoms with E-state index in [9.17, 15) is 0 Å². The Morgan fingerprint density at radius 3 is 2.05 bits per heavy atom. The molecular formula is C61H50N2S. The van der Waals surface area contributed by atoms with Crippen LogP contribution in [0, 0.1) is 0 Å². The first kappa shape index (κ1) is 38.7. The Morgan fingerprint density at radius 2 is 1.25 bits per heavy atom. The summed E-state index contributed by atoms with van der Waals surface area (Å²) in [5.41, 5.74) is 19.8. The highest BCUT2D eigenvalue weighted by atomic mass is 32.1. The van der Waals surface area contributed by atoms with Gasteiger partial charge in [-0.3, -0.25) is 0 Å². The van der Waals surface area contributed by atoms with Gasteiger partial charge in [-0.1, -0.05) is 138 Å². The number of hydrogen-bond acceptors (Lipinski definition) is 2. The van der Waals surface area contributed by atoms with E-state index in [1.165, 1.54) is 92.4 Å². The molecule has 310 valence electrons. The van der Waals surface area contributed by atoms with Gasteiger partial charge < -0.3 is 9.47 Å². The lowest BCUT2D eigenvalue weighted by Gasteiger charge is -2.28. The number of aryl methyl sites for hydroxylation is 1. The molecule has 2 aliphatic rings. The molecular weight excluding hydrogens is 793 g/mol. The Labute approximate surface area is 380 Å². The molecule has 12 rings (SSSR count). The minimum atomic E-state index is -0.0705. The third-order valence-corrected chi connectivity index (χ3v) is 15.2. The molecule has 2 nitrogen and oxygen atoms in total. The molecule has 3 heteroatoms. The van der Waals surface area contributed by atoms with Crippen LogP contribution in [0.4, 0.5) is 17.1 Å². The fraction of sp³-hybridized carbons (Fsp3) is 0.148. The molecule has 2 aromatic heterocycles. The van der Waals surface area contributed by atoms with E-state index >= 15 is 0 Å². The number of anilines is 3. The van der Waals surface area contributed by atoms with Crippen LogP contribution >= 0.6 is 11.3 Å². The normalized spacial score (nSPS) is 14.0. The van der Waals surface area contributed by atoms with Crippen molar-refractivity contribution in [3.05, 3.63) is 209 Å². The third kappa shape index (κ3) is 6.20. The number of para-hydroxylation sites is 2. The Balaban J connectivity index is 1.10. The van der Waals surface area contributed by atoms with Gasteiger partial charge in [0.25, 0.3) is 0 Å². The van der Waals surface area contributed by atoms with Gasteiger partial charge in [-0.05, 0) is 159 Å². The second-order valence-corrected chi connectivity index (χ2v) is 20.5. The molecule has 0 N–H and O–H groups in total. The zero-order chi connectivity index (χ0) is 43.3. The van der Waals surface area contributed by atoms with E-state index < -0.39 is 0 Å². The van der Waals surface area contributed by atoms with Crippen LogP contribution in [0.2, 0.25) is 0 Å². The van der Waals surface area contributed by atoms with E-state index in [0.29, 0.717) is 0 Å². The SMILES string of the molecule is CC(C)(C)c1ccc2c(c1)c1ccc(-c3cc(-c4ccc5sc6c(c5c4)C=CCC6)cc(N(c4ccccc4)c4ccc5c(c4)-c4ccccc4C5(C)C)c3)cc1n2-c1ccccc1. The van der Waals surface area contributed by atoms with Gasteiger partial charge in [-0.25, -0.2) is 0 Å². The average molecular weight is 843 g/mol. The summed E-state index contributed by atoms with van der Waals surface area (Å²) in [6.07, 6.45) is 6.92. The molecule has 0 saturated carbocycles. The highest BCUT2D eigenvalue weighted by Crippen LogP contribution is 2.51. The number of rotatable bonds is 6. The van der Waals surface area contributed by atoms with Crippen LogP contribution < -0.4 is 4.90 Å². The first-order chi connectivity index (χ1) is 31.1. The fourth-order valence-electron chi connectivity index (χ4n) is 10.6. The van der Waals surface area contributed by atoms with Gasteiger partial charge in [-0.15, -0.1) is 11.3 Å². The number of aromatic nitrogens is 1. The topological polar surface area (TPSA) is 8.17 Å². The minimum Gasteiger partial charge on any atom is -0.310 e. The quantitative estimate of drug-likeness (QED) is 0.162. The van der Waals surface area contributed by atoms with Gasteiger partial charge in [0.1, 0.15) is 0 Å². The number of fused-ring (bicyclic) bond motifs is 9. The van der Waals surface area contributed by atoms with Crippen molar-refractivity contribution in [3.63, 3.8) is 0 Å². The molecule has 0 fully saturated rings. The lowest BCUT2D eigenvalue weighted by atomic mass is 9.82. The molecule has 0 bridgehead atoms. The minimum absolute atomic E-state index is 0.0385. The molecule has 10 aromatic rings. The van der Waals surface area contributed by atoms with Crippen LogP contribution in [0.15, 0.2) is 182 Å². The van der Waals surface area contributed by atoms with Crippen molar-refractivity contribution in [2.24, 2.45) is 0 Å². The zero-order valence-corrected chi connectivity index (χ0v) is 37.9. The van der Waals surface area contributed by atoms with Crippen LogP contribution in [0.1, 0.15) is 68.2 Å². The zero-order valence-electron chi connectivity index (χ0n) is 37.1. The van der Waals surface area contributed by atoms with Crippen LogP contribution in [0.3, 0.4) is 0 Å². The van der Waals surface area contributed by atoms with Crippen molar-refractivity contribution < 1.29 is 0 Å². The number of nitrogens with zero attached hydrogens (tertiary/aromatic N) is 2. The summed E-state index contributed by atoms with van der Waals surface area (Å²) in [7, 11) is 0. The summed E-state index contributed by atoms with van der Waals surface area (Å²) in [5, 5.41) is 3.90. The number of benzene rings is 8. The summed E-state index contributed by atoms with van der Waals surface area (Å²) in [6, 6.07) is 66.3. The third-order valence-electron chi connectivity index (χ3n) is 14.0. The van der Waals surface area contributed by atoms with E-state index in [1.807, 2.05) is 11.3 Å². The number of thiophene rings is 1. The van der Waals surface area contributed by atoms with Crippen LogP contribution in [-0.2, 0) is 17.3 Å². The Hall–Kier alpha value is -6.94. The summed E-state index contributed by atoms with van der Waals surface area (Å²) in [5.74, 6) is 0. The summed E-state index contributed by atoms with van der Waals surface area (Å²) >= 11 is 1.95. The second-order valence-electron chi connectivity index (χ2n) is 19.3. The van der Waals surface area contributed by atoms with Gasteiger partial charge in [0.05, 0.1) is 11.0 Å². The highest BCUT2D eigenvalue weighted by Gasteiger charge is 2.35. The molecule has 0 saturated heterocycles. The summed E-state index contributed by atoms with van der Waals surface area (Å²) < 4.78 is 3.81. The molecule has 0 amide bonds. The van der Waals surface area contributed by atoms with E-state index in [1.54, 1.807) is 0 Å². The van der Waals surface area contributed by atoms with Crippen molar-refractivity contribution in [2.45, 2.75) is 58.3 Å². The second kappa shape index (κ2) is 14.6. The van der Waals surface area contributed by atoms with Crippen molar-refractivity contribution in [1.29, 1.82) is 0 Å². The summed E-state index contributed by atoms with van der Waals surface area (Å²) in [6.45, 7) is 11.6. The van der Waals surface area contributed by atoms with Crippen LogP contribution in [-0.4, -0.2) is 4.57 Å². The van der Waals surface area contributed by atoms with E-state index in [-0.39, 0.29) is 10.8 Å². The lowest BCUT2D eigenvalue weighted by molar-refractivity contribution is 0.591. The van der Waals surface area contributed by atoms with Gasteiger partial charge in [0.2, 0.25) is 0 Å². The molecule has 2 aliphatic carbocycles. The largest absolute Gasteiger partial charge is 0.310 e. The van der Waals surface area contributed by atoms with Crippen molar-refractivity contribution in [1.82, 2.24) is 4.57 Å². The molecule has 0 unspecified atom stereocenters. The Bertz CT molecular complexity index is 3500. The summed E-state index contributed by atoms with van der Waals surface area (Å²) in [4.78, 5) is 3.96. The van der Waals surface area contributed by atoms with Gasteiger partial charge >= 0.3 is 0 Å². The molecule has 2 heterocycles. The van der Waals surface area contributed by atoms with E-state index in [0.717, 1.165) is 35.6 Å². The lowest BCUT2D eigenvalue weighted by Crippen LogP contribution is -2.15. The molecule has 0 atom stereocenters. The highest BCUT2D eigenvalue weighted by molar-refractivity contribution is 7.19. The number of allylic oxidation sites excluding steroid dienone is 1. The molecule has 8 aromatic carbocycles. The predicted molar refractivity (Wildman–Crippen MR) is 275 cm³/mol. The smallest absolute Gasteiger partial charge is 0.0547 e. The van der Waals surface area contributed by atoms with E-state index in [2.05, 4.69) is 232 Å². The van der Waals surface area contributed by atoms with Gasteiger partial charge in [-0.2, -0.15) is 0 Å². The maximum absolute atomic E-state index is 2.46. The first-order valence-electron chi connectivity index (χ1n) is 22.7. The van der Waals surface area contributed by atoms with Crippen molar-refractivity contribution >= 4 is 66.4 Å². The van der Waals surface area contributed by atoms with E-state index in [4.69, 9.17) is 0 Å². The van der Waals surface area contributed by atoms with Crippen molar-refractivity contribution in [3.8, 4) is 39.1 Å². The maximum atomic E-state index is 2.46. The van der Waals surface area contributed by atoms with Crippen molar-refractivity contribution in [2.75, 3.05) is 4.90 Å². The first-order valence-corrected chi connectivity index (χ1v) is 23.5. The average Bonchev–Trinajstić information content (AvgIpc) is 3.93. The van der Waals surface area contributed by atoms with Gasteiger partial charge in [0, 0.05) is 53.9 Å². The number of hydrogen-bond donors (Lipinski definition) is 0. The maximum Gasteiger partial charge on any atom is 0.0547 e. The van der Waals surface area contributed by atoms with Gasteiger partial charge in [0.15, 0.2) is 0 Å². The molecule has 0 aliphatic heterocycles. The Morgan fingerprint density at radius 1 is 0.531 bits per heavy atom. The molecule has 64 heavy (non-hydrogen) atoms. The monoisotopic (exact) mass is 842 g/mol. The van der Waals surface area contributed by atoms with Crippen LogP contribution in [0.25, 0.3) is 77.0 Å². The predicted octanol–water partition coefficient (Wildman–Crippen LogP) is 17.4. The van der Waals surface area contributed by atoms with Crippen LogP contribution in [0.5, 0.6) is 0 Å². The Kier molecular flexibility index (Phi) is 8.80. The molecule has 0 radical (unpaired) electrons. The molecule has 0 spiro atoms.